The monoisotopic (exact) mass is 410 g/mol. The van der Waals surface area contributed by atoms with Gasteiger partial charge in [-0.3, -0.25) is 14.6 Å². The Morgan fingerprint density at radius 1 is 1.21 bits per heavy atom. The molecule has 0 unspecified atom stereocenters. The molecular formula is C22H26N4O2S. The minimum Gasteiger partial charge on any atom is -0.343 e. The topological polar surface area (TPSA) is 87.7 Å². The van der Waals surface area contributed by atoms with Gasteiger partial charge in [-0.05, 0) is 29.5 Å². The number of hydrogen-bond acceptors (Lipinski definition) is 6. The molecule has 4 rings (SSSR count). The van der Waals surface area contributed by atoms with Crippen molar-refractivity contribution in [3.63, 3.8) is 0 Å². The fourth-order valence-electron chi connectivity index (χ4n) is 4.23. The van der Waals surface area contributed by atoms with E-state index in [1.807, 2.05) is 12.1 Å². The summed E-state index contributed by atoms with van der Waals surface area (Å²) in [5, 5.41) is 3.95. The average Bonchev–Trinajstić information content (AvgIpc) is 2.66. The number of Topliss-reactive ketones (excluding diaryl/α,β-unsaturated/α-hetero) is 1. The van der Waals surface area contributed by atoms with E-state index < -0.39 is 5.92 Å². The number of pyridine rings is 1. The fourth-order valence-corrected chi connectivity index (χ4v) is 5.18. The summed E-state index contributed by atoms with van der Waals surface area (Å²) in [5.41, 5.74) is 1.88. The van der Waals surface area contributed by atoms with Gasteiger partial charge in [0, 0.05) is 36.2 Å². The van der Waals surface area contributed by atoms with Crippen molar-refractivity contribution in [3.8, 4) is 0 Å². The summed E-state index contributed by atoms with van der Waals surface area (Å²) in [6, 6.07) is 3.77. The predicted octanol–water partition coefficient (Wildman–Crippen LogP) is 4.11. The second-order valence-corrected chi connectivity index (χ2v) is 9.51. The Balaban J connectivity index is 1.86. The first-order valence-electron chi connectivity index (χ1n) is 10.1. The summed E-state index contributed by atoms with van der Waals surface area (Å²) in [6.45, 7) is 6.26. The summed E-state index contributed by atoms with van der Waals surface area (Å²) < 4.78 is 0. The number of carbonyl (C=O) groups excluding carboxylic acids is 1. The number of rotatable bonds is 5. The van der Waals surface area contributed by atoms with Gasteiger partial charge in [0.2, 0.25) is 0 Å². The number of unbranched alkanes of at least 4 members (excludes halogenated alkanes) is 1. The third-order valence-electron chi connectivity index (χ3n) is 5.50. The van der Waals surface area contributed by atoms with Crippen molar-refractivity contribution in [1.29, 1.82) is 0 Å². The molecule has 2 N–H and O–H groups in total. The van der Waals surface area contributed by atoms with E-state index in [1.165, 1.54) is 0 Å². The number of nitrogens with one attached hydrogen (secondary N) is 2. The van der Waals surface area contributed by atoms with E-state index in [9.17, 15) is 9.59 Å². The molecule has 0 spiro atoms. The van der Waals surface area contributed by atoms with Gasteiger partial charge >= 0.3 is 0 Å². The molecule has 6 nitrogen and oxygen atoms in total. The quantitative estimate of drug-likeness (QED) is 0.438. The molecule has 29 heavy (non-hydrogen) atoms. The Morgan fingerprint density at radius 2 is 1.97 bits per heavy atom. The molecule has 0 bridgehead atoms. The number of allylic oxidation sites excluding steroid dienone is 2. The maximum absolute atomic E-state index is 13.2. The number of fused-ring (bicyclic) bond motifs is 2. The van der Waals surface area contributed by atoms with Gasteiger partial charge in [-0.1, -0.05) is 45.0 Å². The van der Waals surface area contributed by atoms with Crippen molar-refractivity contribution in [2.75, 3.05) is 11.1 Å². The standard InChI is InChI=1S/C22H26N4O2S/c1-4-5-10-29-21-25-19-18(20(28)26-21)16(13-6-8-23-9-7-13)17-14(24-19)11-22(2,3)12-15(17)27/h6-9,11,16-17H,4-5,10,12H2,1-3H3,(H2,24,25,26,28)/t16-,17-/m0/s1. The van der Waals surface area contributed by atoms with Crippen LogP contribution in [0, 0.1) is 11.3 Å². The lowest BCUT2D eigenvalue weighted by Crippen LogP contribution is -2.41. The van der Waals surface area contributed by atoms with E-state index in [4.69, 9.17) is 4.98 Å². The van der Waals surface area contributed by atoms with Crippen LogP contribution in [0.3, 0.4) is 0 Å². The van der Waals surface area contributed by atoms with Gasteiger partial charge in [-0.25, -0.2) is 4.98 Å². The number of hydrogen-bond donors (Lipinski definition) is 2. The first-order valence-corrected chi connectivity index (χ1v) is 11.1. The van der Waals surface area contributed by atoms with Crippen LogP contribution < -0.4 is 10.9 Å². The highest BCUT2D eigenvalue weighted by molar-refractivity contribution is 7.99. The number of ketones is 1. The SMILES string of the molecule is CCCCSc1nc2c(c(=O)[nH]1)[C@@H](c1ccncc1)[C@@H]1C(=O)CC(C)(C)C=C1N2. The van der Waals surface area contributed by atoms with Crippen molar-refractivity contribution in [2.45, 2.75) is 51.1 Å². The van der Waals surface area contributed by atoms with Gasteiger partial charge in [0.25, 0.3) is 5.56 Å². The van der Waals surface area contributed by atoms with Gasteiger partial charge in [0.1, 0.15) is 11.6 Å². The minimum absolute atomic E-state index is 0.147. The minimum atomic E-state index is -0.403. The molecule has 0 aromatic carbocycles. The number of thioether (sulfide) groups is 1. The summed E-state index contributed by atoms with van der Waals surface area (Å²) >= 11 is 1.56. The smallest absolute Gasteiger partial charge is 0.257 e. The number of aromatic nitrogens is 3. The number of nitrogens with zero attached hydrogens (tertiary/aromatic N) is 2. The molecule has 7 heteroatoms. The zero-order valence-corrected chi connectivity index (χ0v) is 17.8. The first kappa shape index (κ1) is 19.9. The van der Waals surface area contributed by atoms with E-state index in [1.54, 1.807) is 24.2 Å². The molecule has 0 radical (unpaired) electrons. The highest BCUT2D eigenvalue weighted by Gasteiger charge is 2.45. The van der Waals surface area contributed by atoms with Gasteiger partial charge < -0.3 is 10.3 Å². The molecule has 0 saturated carbocycles. The van der Waals surface area contributed by atoms with Crippen molar-refractivity contribution in [1.82, 2.24) is 15.0 Å². The second kappa shape index (κ2) is 7.78. The number of anilines is 1. The molecule has 2 aromatic heterocycles. The van der Waals surface area contributed by atoms with Crippen LogP contribution in [0.4, 0.5) is 5.82 Å². The fraction of sp³-hybridized carbons (Fsp3) is 0.455. The Morgan fingerprint density at radius 3 is 2.69 bits per heavy atom. The van der Waals surface area contributed by atoms with Gasteiger partial charge in [-0.2, -0.15) is 0 Å². The lowest BCUT2D eigenvalue weighted by Gasteiger charge is -2.40. The van der Waals surface area contributed by atoms with E-state index >= 15 is 0 Å². The van der Waals surface area contributed by atoms with Crippen LogP contribution in [0.1, 0.15) is 57.1 Å². The van der Waals surface area contributed by atoms with Crippen LogP contribution in [-0.4, -0.2) is 26.5 Å². The lowest BCUT2D eigenvalue weighted by molar-refractivity contribution is -0.124. The van der Waals surface area contributed by atoms with Crippen LogP contribution in [0.15, 0.2) is 46.3 Å². The summed E-state index contributed by atoms with van der Waals surface area (Å²) in [5.74, 6) is 0.841. The molecule has 0 saturated heterocycles. The van der Waals surface area contributed by atoms with Crippen molar-refractivity contribution >= 4 is 23.4 Å². The summed E-state index contributed by atoms with van der Waals surface area (Å²) in [6.07, 6.45) is 8.15. The third kappa shape index (κ3) is 3.88. The van der Waals surface area contributed by atoms with E-state index in [0.717, 1.165) is 29.9 Å². The molecule has 3 heterocycles. The Labute approximate surface area is 174 Å². The van der Waals surface area contributed by atoms with Crippen LogP contribution in [0.2, 0.25) is 0 Å². The van der Waals surface area contributed by atoms with Crippen molar-refractivity contribution in [2.24, 2.45) is 11.3 Å². The maximum Gasteiger partial charge on any atom is 0.257 e. The Kier molecular flexibility index (Phi) is 5.34. The normalized spacial score (nSPS) is 22.3. The Bertz CT molecular complexity index is 1010. The molecular weight excluding hydrogens is 384 g/mol. The molecule has 0 fully saturated rings. The molecule has 2 aliphatic rings. The molecule has 1 aliphatic heterocycles. The van der Waals surface area contributed by atoms with Crippen LogP contribution >= 0.6 is 11.8 Å². The van der Waals surface area contributed by atoms with E-state index in [0.29, 0.717) is 23.0 Å². The molecule has 0 amide bonds. The predicted molar refractivity (Wildman–Crippen MR) is 115 cm³/mol. The summed E-state index contributed by atoms with van der Waals surface area (Å²) in [7, 11) is 0. The molecule has 2 atom stereocenters. The van der Waals surface area contributed by atoms with E-state index in [2.05, 4.69) is 42.1 Å². The number of H-pyrrole nitrogens is 1. The Hall–Kier alpha value is -2.41. The average molecular weight is 411 g/mol. The zero-order valence-electron chi connectivity index (χ0n) is 17.0. The maximum atomic E-state index is 13.2. The highest BCUT2D eigenvalue weighted by Crippen LogP contribution is 2.47. The van der Waals surface area contributed by atoms with Crippen LogP contribution in [0.25, 0.3) is 0 Å². The largest absolute Gasteiger partial charge is 0.343 e. The zero-order chi connectivity index (χ0) is 20.6. The highest BCUT2D eigenvalue weighted by atomic mass is 32.2. The number of carbonyl (C=O) groups is 1. The number of aromatic amines is 1. The lowest BCUT2D eigenvalue weighted by atomic mass is 9.67. The van der Waals surface area contributed by atoms with Crippen molar-refractivity contribution in [3.05, 3.63) is 57.8 Å². The molecule has 1 aliphatic carbocycles. The van der Waals surface area contributed by atoms with Crippen LogP contribution in [-0.2, 0) is 4.79 Å². The molecule has 152 valence electrons. The van der Waals surface area contributed by atoms with Gasteiger partial charge in [-0.15, -0.1) is 0 Å². The third-order valence-corrected chi connectivity index (χ3v) is 6.46. The van der Waals surface area contributed by atoms with Crippen molar-refractivity contribution < 1.29 is 4.79 Å². The van der Waals surface area contributed by atoms with Gasteiger partial charge in [0.15, 0.2) is 5.16 Å². The molecule has 2 aromatic rings. The van der Waals surface area contributed by atoms with Crippen LogP contribution in [0.5, 0.6) is 0 Å². The summed E-state index contributed by atoms with van der Waals surface area (Å²) in [4.78, 5) is 38.0. The first-order chi connectivity index (χ1) is 13.9. The second-order valence-electron chi connectivity index (χ2n) is 8.43. The van der Waals surface area contributed by atoms with Gasteiger partial charge in [0.05, 0.1) is 11.5 Å². The van der Waals surface area contributed by atoms with E-state index in [-0.39, 0.29) is 22.7 Å².